The Morgan fingerprint density at radius 2 is 2.07 bits per heavy atom. The van der Waals surface area contributed by atoms with Gasteiger partial charge < -0.3 is 15.7 Å². The van der Waals surface area contributed by atoms with Crippen molar-refractivity contribution in [3.05, 3.63) is 47.3 Å². The Kier molecular flexibility index (Phi) is 7.94. The van der Waals surface area contributed by atoms with E-state index in [4.69, 9.17) is 5.10 Å². The molecule has 1 unspecified atom stereocenters. The standard InChI is InChI=1S/C20H29N5O.HI/c1-4-21-20(22-12-15-5-9-18(26)10-6-15)23-17-8-7-16-13-25(14(2)3)24-19(16)11-17;/h5-6,9-10,13-14,17,26H,4,7-8,11-12H2,1-3H3,(H2,21,22,23);1H. The van der Waals surface area contributed by atoms with Crippen molar-refractivity contribution in [2.75, 3.05) is 6.54 Å². The summed E-state index contributed by atoms with van der Waals surface area (Å²) < 4.78 is 2.07. The fourth-order valence-corrected chi connectivity index (χ4v) is 3.19. The zero-order valence-corrected chi connectivity index (χ0v) is 18.6. The predicted octanol–water partition coefficient (Wildman–Crippen LogP) is 3.40. The van der Waals surface area contributed by atoms with Crippen LogP contribution < -0.4 is 10.6 Å². The van der Waals surface area contributed by atoms with Crippen LogP contribution in [0.1, 0.15) is 50.1 Å². The maximum absolute atomic E-state index is 9.38. The zero-order valence-electron chi connectivity index (χ0n) is 16.3. The molecule has 0 bridgehead atoms. The molecule has 1 aliphatic rings. The lowest BCUT2D eigenvalue weighted by molar-refractivity contribution is 0.475. The van der Waals surface area contributed by atoms with Gasteiger partial charge in [0.05, 0.1) is 12.2 Å². The second-order valence-corrected chi connectivity index (χ2v) is 7.12. The van der Waals surface area contributed by atoms with Gasteiger partial charge in [-0.1, -0.05) is 12.1 Å². The number of fused-ring (bicyclic) bond motifs is 1. The van der Waals surface area contributed by atoms with Gasteiger partial charge in [0, 0.05) is 31.2 Å². The first-order chi connectivity index (χ1) is 12.5. The molecule has 1 aromatic carbocycles. The van der Waals surface area contributed by atoms with Crippen molar-refractivity contribution in [3.63, 3.8) is 0 Å². The highest BCUT2D eigenvalue weighted by Gasteiger charge is 2.22. The summed E-state index contributed by atoms with van der Waals surface area (Å²) in [4.78, 5) is 4.68. The topological polar surface area (TPSA) is 74.5 Å². The molecule has 0 spiro atoms. The van der Waals surface area contributed by atoms with E-state index in [0.29, 0.717) is 18.6 Å². The Hall–Kier alpha value is -1.77. The number of guanidine groups is 1. The number of nitrogens with one attached hydrogen (secondary N) is 2. The largest absolute Gasteiger partial charge is 0.508 e. The van der Waals surface area contributed by atoms with Gasteiger partial charge in [0.2, 0.25) is 0 Å². The first-order valence-electron chi connectivity index (χ1n) is 9.44. The molecule has 1 heterocycles. The highest BCUT2D eigenvalue weighted by atomic mass is 127. The van der Waals surface area contributed by atoms with Crippen LogP contribution in [-0.2, 0) is 19.4 Å². The van der Waals surface area contributed by atoms with Crippen LogP contribution in [0.15, 0.2) is 35.5 Å². The molecule has 6 nitrogen and oxygen atoms in total. The van der Waals surface area contributed by atoms with Crippen molar-refractivity contribution in [1.82, 2.24) is 20.4 Å². The van der Waals surface area contributed by atoms with Crippen LogP contribution in [0.5, 0.6) is 5.75 Å². The smallest absolute Gasteiger partial charge is 0.191 e. The quantitative estimate of drug-likeness (QED) is 0.346. The van der Waals surface area contributed by atoms with Crippen LogP contribution in [0.4, 0.5) is 0 Å². The molecule has 0 aliphatic heterocycles. The number of hydrogen-bond donors (Lipinski definition) is 3. The monoisotopic (exact) mass is 483 g/mol. The minimum absolute atomic E-state index is 0. The summed E-state index contributed by atoms with van der Waals surface area (Å²) in [6.07, 6.45) is 5.26. The molecule has 27 heavy (non-hydrogen) atoms. The molecular formula is C20H30IN5O. The number of phenolic OH excluding ortho intramolecular Hbond substituents is 1. The Morgan fingerprint density at radius 3 is 2.74 bits per heavy atom. The summed E-state index contributed by atoms with van der Waals surface area (Å²) in [5.74, 6) is 1.11. The van der Waals surface area contributed by atoms with Gasteiger partial charge in [0.1, 0.15) is 5.75 Å². The number of aliphatic imine (C=N–C) groups is 1. The second-order valence-electron chi connectivity index (χ2n) is 7.12. The van der Waals surface area contributed by atoms with Crippen molar-refractivity contribution >= 4 is 29.9 Å². The molecule has 1 aromatic heterocycles. The number of halogens is 1. The molecule has 0 amide bonds. The van der Waals surface area contributed by atoms with E-state index in [1.807, 2.05) is 12.1 Å². The fourth-order valence-electron chi connectivity index (χ4n) is 3.19. The van der Waals surface area contributed by atoms with Gasteiger partial charge in [-0.25, -0.2) is 4.99 Å². The van der Waals surface area contributed by atoms with Gasteiger partial charge in [-0.05, 0) is 56.9 Å². The summed E-state index contributed by atoms with van der Waals surface area (Å²) in [7, 11) is 0. The molecule has 0 saturated carbocycles. The maximum atomic E-state index is 9.38. The highest BCUT2D eigenvalue weighted by molar-refractivity contribution is 14.0. The van der Waals surface area contributed by atoms with Crippen molar-refractivity contribution in [2.24, 2.45) is 4.99 Å². The number of nitrogens with zero attached hydrogens (tertiary/aromatic N) is 3. The number of rotatable bonds is 5. The van der Waals surface area contributed by atoms with Crippen molar-refractivity contribution < 1.29 is 5.11 Å². The molecule has 1 aliphatic carbocycles. The van der Waals surface area contributed by atoms with E-state index in [1.165, 1.54) is 11.3 Å². The van der Waals surface area contributed by atoms with E-state index >= 15 is 0 Å². The number of aromatic nitrogens is 2. The third kappa shape index (κ3) is 5.85. The molecule has 2 aromatic rings. The summed E-state index contributed by atoms with van der Waals surface area (Å²) in [5.41, 5.74) is 3.65. The first kappa shape index (κ1) is 21.5. The first-order valence-corrected chi connectivity index (χ1v) is 9.44. The van der Waals surface area contributed by atoms with Crippen LogP contribution in [-0.4, -0.2) is 33.4 Å². The molecule has 3 N–H and O–H groups in total. The van der Waals surface area contributed by atoms with Gasteiger partial charge in [-0.2, -0.15) is 5.10 Å². The minimum atomic E-state index is 0. The van der Waals surface area contributed by atoms with E-state index < -0.39 is 0 Å². The lowest BCUT2D eigenvalue weighted by atomic mass is 9.94. The number of benzene rings is 1. The minimum Gasteiger partial charge on any atom is -0.508 e. The van der Waals surface area contributed by atoms with Gasteiger partial charge in [0.15, 0.2) is 5.96 Å². The van der Waals surface area contributed by atoms with Gasteiger partial charge >= 0.3 is 0 Å². The SMILES string of the molecule is CCNC(=NCc1ccc(O)cc1)NC1CCc2cn(C(C)C)nc2C1.I. The van der Waals surface area contributed by atoms with E-state index in [9.17, 15) is 5.11 Å². The zero-order chi connectivity index (χ0) is 18.5. The molecule has 0 fully saturated rings. The number of hydrogen-bond acceptors (Lipinski definition) is 3. The Morgan fingerprint density at radius 1 is 1.33 bits per heavy atom. The van der Waals surface area contributed by atoms with Crippen LogP contribution >= 0.6 is 24.0 Å². The Labute approximate surface area is 178 Å². The lowest BCUT2D eigenvalue weighted by Crippen LogP contribution is -2.45. The van der Waals surface area contributed by atoms with E-state index in [1.54, 1.807) is 12.1 Å². The van der Waals surface area contributed by atoms with Gasteiger partial charge in [-0.3, -0.25) is 4.68 Å². The number of aryl methyl sites for hydroxylation is 1. The average Bonchev–Trinajstić information content (AvgIpc) is 3.05. The predicted molar refractivity (Wildman–Crippen MR) is 120 cm³/mol. The molecule has 7 heteroatoms. The molecule has 3 rings (SSSR count). The third-order valence-corrected chi connectivity index (χ3v) is 4.67. The van der Waals surface area contributed by atoms with Crippen LogP contribution in [0.3, 0.4) is 0 Å². The molecule has 0 radical (unpaired) electrons. The summed E-state index contributed by atoms with van der Waals surface area (Å²) in [5, 5.41) is 21.0. The van der Waals surface area contributed by atoms with Crippen LogP contribution in [0.25, 0.3) is 0 Å². The third-order valence-electron chi connectivity index (χ3n) is 4.67. The normalized spacial score (nSPS) is 16.6. The molecule has 1 atom stereocenters. The Balaban J connectivity index is 0.00000261. The van der Waals surface area contributed by atoms with E-state index in [2.05, 4.69) is 47.3 Å². The summed E-state index contributed by atoms with van der Waals surface area (Å²) in [6.45, 7) is 7.79. The van der Waals surface area contributed by atoms with E-state index in [0.717, 1.165) is 37.3 Å². The lowest BCUT2D eigenvalue weighted by Gasteiger charge is -2.24. The Bertz CT molecular complexity index is 754. The fraction of sp³-hybridized carbons (Fsp3) is 0.500. The van der Waals surface area contributed by atoms with Gasteiger partial charge in [-0.15, -0.1) is 24.0 Å². The van der Waals surface area contributed by atoms with Crippen LogP contribution in [0.2, 0.25) is 0 Å². The van der Waals surface area contributed by atoms with E-state index in [-0.39, 0.29) is 29.7 Å². The average molecular weight is 483 g/mol. The van der Waals surface area contributed by atoms with Crippen molar-refractivity contribution in [1.29, 1.82) is 0 Å². The molecule has 0 saturated heterocycles. The number of aromatic hydroxyl groups is 1. The van der Waals surface area contributed by atoms with Gasteiger partial charge in [0.25, 0.3) is 0 Å². The number of phenols is 1. The summed E-state index contributed by atoms with van der Waals surface area (Å²) in [6, 6.07) is 7.92. The molecular weight excluding hydrogens is 453 g/mol. The van der Waals surface area contributed by atoms with Crippen molar-refractivity contribution in [2.45, 2.75) is 58.7 Å². The summed E-state index contributed by atoms with van der Waals surface area (Å²) >= 11 is 0. The van der Waals surface area contributed by atoms with Crippen molar-refractivity contribution in [3.8, 4) is 5.75 Å². The second kappa shape index (κ2) is 9.96. The highest BCUT2D eigenvalue weighted by Crippen LogP contribution is 2.21. The van der Waals surface area contributed by atoms with Crippen LogP contribution in [0, 0.1) is 0 Å². The maximum Gasteiger partial charge on any atom is 0.191 e. The molecule has 148 valence electrons.